The van der Waals surface area contributed by atoms with Crippen molar-refractivity contribution in [1.82, 2.24) is 15.3 Å². The summed E-state index contributed by atoms with van der Waals surface area (Å²) in [5, 5.41) is 2.87. The molecular weight excluding hydrogens is 145 g/mol. The quantitative estimate of drug-likeness (QED) is 0.628. The van der Waals surface area contributed by atoms with E-state index in [1.54, 1.807) is 0 Å². The van der Waals surface area contributed by atoms with Gasteiger partial charge in [-0.2, -0.15) is 0 Å². The van der Waals surface area contributed by atoms with Gasteiger partial charge in [0.2, 0.25) is 0 Å². The van der Waals surface area contributed by atoms with E-state index in [1.165, 1.54) is 18.7 Å². The molecule has 0 aromatic carbocycles. The van der Waals surface area contributed by atoms with Crippen LogP contribution in [-0.2, 0) is 5.67 Å². The number of halogens is 1. The predicted molar refractivity (Wildman–Crippen MR) is 37.7 cm³/mol. The Morgan fingerprint density at radius 1 is 1.36 bits per heavy atom. The Bertz CT molecular complexity index is 245. The van der Waals surface area contributed by atoms with Crippen LogP contribution in [0.4, 0.5) is 4.39 Å². The third kappa shape index (κ3) is 0.991. The average molecular weight is 153 g/mol. The highest BCUT2D eigenvalue weighted by molar-refractivity contribution is 5.19. The summed E-state index contributed by atoms with van der Waals surface area (Å²) in [6, 6.07) is 0. The normalized spacial score (nSPS) is 20.8. The van der Waals surface area contributed by atoms with Gasteiger partial charge in [0.05, 0.1) is 0 Å². The lowest BCUT2D eigenvalue weighted by Crippen LogP contribution is -2.53. The van der Waals surface area contributed by atoms with E-state index < -0.39 is 5.67 Å². The van der Waals surface area contributed by atoms with Gasteiger partial charge in [0.15, 0.2) is 5.67 Å². The van der Waals surface area contributed by atoms with Crippen LogP contribution in [0.25, 0.3) is 0 Å². The number of nitrogens with zero attached hydrogens (tertiary/aromatic N) is 2. The van der Waals surface area contributed by atoms with Crippen molar-refractivity contribution in [2.75, 3.05) is 13.1 Å². The maximum Gasteiger partial charge on any atom is 0.163 e. The Morgan fingerprint density at radius 2 is 2.00 bits per heavy atom. The molecule has 1 aliphatic rings. The molecule has 1 aromatic heterocycles. The average Bonchev–Trinajstić information content (AvgIpc) is 2.02. The lowest BCUT2D eigenvalue weighted by Gasteiger charge is -2.34. The van der Waals surface area contributed by atoms with Gasteiger partial charge >= 0.3 is 0 Å². The molecule has 0 bridgehead atoms. The van der Waals surface area contributed by atoms with Crippen LogP contribution < -0.4 is 5.32 Å². The van der Waals surface area contributed by atoms with E-state index >= 15 is 0 Å². The highest BCUT2D eigenvalue weighted by Crippen LogP contribution is 2.28. The summed E-state index contributed by atoms with van der Waals surface area (Å²) in [5.74, 6) is 0. The number of hydrogen-bond acceptors (Lipinski definition) is 3. The molecule has 11 heavy (non-hydrogen) atoms. The summed E-state index contributed by atoms with van der Waals surface area (Å²) in [6.45, 7) is 0.751. The number of nitrogens with one attached hydrogen (secondary N) is 1. The Morgan fingerprint density at radius 3 is 2.45 bits per heavy atom. The maximum absolute atomic E-state index is 13.5. The van der Waals surface area contributed by atoms with Gasteiger partial charge in [-0.1, -0.05) is 0 Å². The van der Waals surface area contributed by atoms with Crippen molar-refractivity contribution in [2.24, 2.45) is 0 Å². The fraction of sp³-hybridized carbons (Fsp3) is 0.429. The number of alkyl halides is 1. The molecule has 4 heteroatoms. The van der Waals surface area contributed by atoms with Crippen LogP contribution in [0.1, 0.15) is 5.56 Å². The zero-order chi connectivity index (χ0) is 7.73. The van der Waals surface area contributed by atoms with E-state index in [2.05, 4.69) is 15.3 Å². The number of hydrogen-bond donors (Lipinski definition) is 1. The third-order valence-corrected chi connectivity index (χ3v) is 1.89. The topological polar surface area (TPSA) is 37.8 Å². The first kappa shape index (κ1) is 6.67. The van der Waals surface area contributed by atoms with E-state index in [0.717, 1.165) is 0 Å². The van der Waals surface area contributed by atoms with Crippen LogP contribution in [0.15, 0.2) is 18.7 Å². The van der Waals surface area contributed by atoms with Gasteiger partial charge in [-0.3, -0.25) is 0 Å². The molecule has 0 spiro atoms. The summed E-state index contributed by atoms with van der Waals surface area (Å²) < 4.78 is 13.5. The van der Waals surface area contributed by atoms with Crippen LogP contribution in [0.3, 0.4) is 0 Å². The first-order valence-electron chi connectivity index (χ1n) is 3.46. The molecule has 3 nitrogen and oxygen atoms in total. The molecule has 58 valence electrons. The first-order chi connectivity index (χ1) is 5.31. The van der Waals surface area contributed by atoms with Gasteiger partial charge in [0, 0.05) is 31.0 Å². The minimum Gasteiger partial charge on any atom is -0.310 e. The molecule has 2 heterocycles. The van der Waals surface area contributed by atoms with Crippen molar-refractivity contribution in [2.45, 2.75) is 5.67 Å². The van der Waals surface area contributed by atoms with E-state index in [0.29, 0.717) is 18.7 Å². The summed E-state index contributed by atoms with van der Waals surface area (Å²) in [7, 11) is 0. The molecule has 1 aliphatic heterocycles. The van der Waals surface area contributed by atoms with Crippen molar-refractivity contribution in [3.8, 4) is 0 Å². The molecule has 2 rings (SSSR count). The SMILES string of the molecule is FC1(c2cncnc2)CNC1. The minimum absolute atomic E-state index is 0.375. The number of rotatable bonds is 1. The molecule has 1 aromatic rings. The van der Waals surface area contributed by atoms with Gasteiger partial charge in [-0.15, -0.1) is 0 Å². The summed E-state index contributed by atoms with van der Waals surface area (Å²) in [5.41, 5.74) is -0.653. The second kappa shape index (κ2) is 2.23. The summed E-state index contributed by atoms with van der Waals surface area (Å²) >= 11 is 0. The van der Waals surface area contributed by atoms with Gasteiger partial charge in [0.25, 0.3) is 0 Å². The van der Waals surface area contributed by atoms with Crippen LogP contribution >= 0.6 is 0 Å². The van der Waals surface area contributed by atoms with Gasteiger partial charge in [-0.25, -0.2) is 14.4 Å². The largest absolute Gasteiger partial charge is 0.310 e. The molecule has 1 fully saturated rings. The van der Waals surface area contributed by atoms with Gasteiger partial charge in [0.1, 0.15) is 6.33 Å². The van der Waals surface area contributed by atoms with E-state index in [9.17, 15) is 4.39 Å². The monoisotopic (exact) mass is 153 g/mol. The van der Waals surface area contributed by atoms with Crippen LogP contribution in [0.2, 0.25) is 0 Å². The highest BCUT2D eigenvalue weighted by Gasteiger charge is 2.39. The van der Waals surface area contributed by atoms with Gasteiger partial charge < -0.3 is 5.32 Å². The van der Waals surface area contributed by atoms with E-state index in [-0.39, 0.29) is 0 Å². The molecule has 1 N–H and O–H groups in total. The Kier molecular flexibility index (Phi) is 1.35. The summed E-state index contributed by atoms with van der Waals surface area (Å²) in [4.78, 5) is 7.51. The lowest BCUT2D eigenvalue weighted by molar-refractivity contribution is 0.0883. The van der Waals surface area contributed by atoms with Crippen LogP contribution in [0.5, 0.6) is 0 Å². The molecule has 0 unspecified atom stereocenters. The van der Waals surface area contributed by atoms with Crippen LogP contribution in [0, 0.1) is 0 Å². The summed E-state index contributed by atoms with van der Waals surface area (Å²) in [6.07, 6.45) is 4.45. The van der Waals surface area contributed by atoms with E-state index in [1.807, 2.05) is 0 Å². The number of aromatic nitrogens is 2. The predicted octanol–water partition coefficient (Wildman–Crippen LogP) is 0.245. The molecule has 0 atom stereocenters. The zero-order valence-electron chi connectivity index (χ0n) is 5.92. The van der Waals surface area contributed by atoms with Crippen molar-refractivity contribution >= 4 is 0 Å². The third-order valence-electron chi connectivity index (χ3n) is 1.89. The zero-order valence-corrected chi connectivity index (χ0v) is 5.92. The fourth-order valence-electron chi connectivity index (χ4n) is 1.08. The molecule has 0 radical (unpaired) electrons. The standard InChI is InChI=1S/C7H8FN3/c8-7(3-11-4-7)6-1-9-5-10-2-6/h1-2,5,11H,3-4H2. The van der Waals surface area contributed by atoms with Crippen molar-refractivity contribution in [1.29, 1.82) is 0 Å². The second-order valence-corrected chi connectivity index (χ2v) is 2.70. The minimum atomic E-state index is -1.22. The first-order valence-corrected chi connectivity index (χ1v) is 3.46. The van der Waals surface area contributed by atoms with Gasteiger partial charge in [-0.05, 0) is 0 Å². The Labute approximate surface area is 63.7 Å². The van der Waals surface area contributed by atoms with Crippen molar-refractivity contribution < 1.29 is 4.39 Å². The molecule has 0 amide bonds. The smallest absolute Gasteiger partial charge is 0.163 e. The Balaban J connectivity index is 2.29. The highest BCUT2D eigenvalue weighted by atomic mass is 19.1. The second-order valence-electron chi connectivity index (χ2n) is 2.70. The molecule has 0 aliphatic carbocycles. The molecule has 1 saturated heterocycles. The molecular formula is C7H8FN3. The fourth-order valence-corrected chi connectivity index (χ4v) is 1.08. The van der Waals surface area contributed by atoms with E-state index in [4.69, 9.17) is 0 Å². The van der Waals surface area contributed by atoms with Crippen molar-refractivity contribution in [3.63, 3.8) is 0 Å². The lowest BCUT2D eigenvalue weighted by atomic mass is 9.93. The van der Waals surface area contributed by atoms with Crippen molar-refractivity contribution in [3.05, 3.63) is 24.3 Å². The van der Waals surface area contributed by atoms with Crippen LogP contribution in [-0.4, -0.2) is 23.1 Å². The maximum atomic E-state index is 13.5. The Hall–Kier alpha value is -1.03. The molecule has 0 saturated carbocycles.